The topological polar surface area (TPSA) is 89.1 Å². The Morgan fingerprint density at radius 2 is 1.88 bits per heavy atom. The number of aromatic hydroxyl groups is 2. The molecule has 6 heteroatoms. The highest BCUT2D eigenvalue weighted by Crippen LogP contribution is 2.46. The van der Waals surface area contributed by atoms with E-state index in [1.807, 2.05) is 39.8 Å². The first kappa shape index (κ1) is 21.6. The van der Waals surface area contributed by atoms with Crippen LogP contribution in [0.4, 0.5) is 0 Å². The van der Waals surface area contributed by atoms with Crippen LogP contribution in [-0.4, -0.2) is 17.3 Å². The summed E-state index contributed by atoms with van der Waals surface area (Å²) in [5.41, 5.74) is 3.29. The Bertz CT molecular complexity index is 1330. The fourth-order valence-electron chi connectivity index (χ4n) is 3.92. The molecule has 0 saturated heterocycles. The number of methoxy groups -OCH3 is 1. The van der Waals surface area contributed by atoms with E-state index in [2.05, 4.69) is 0 Å². The van der Waals surface area contributed by atoms with Crippen molar-refractivity contribution in [3.05, 3.63) is 68.9 Å². The second kappa shape index (κ2) is 8.11. The van der Waals surface area contributed by atoms with Crippen molar-refractivity contribution in [3.63, 3.8) is 0 Å². The van der Waals surface area contributed by atoms with Crippen molar-refractivity contribution in [2.75, 3.05) is 7.11 Å². The van der Waals surface area contributed by atoms with Gasteiger partial charge in [-0.25, -0.2) is 0 Å². The normalized spacial score (nSPS) is 14.2. The minimum absolute atomic E-state index is 0.0505. The summed E-state index contributed by atoms with van der Waals surface area (Å²) in [6.07, 6.45) is 3.48. The van der Waals surface area contributed by atoms with E-state index in [4.69, 9.17) is 13.9 Å². The number of phenolic OH excluding ortho intramolecular Hbond substituents is 2. The maximum absolute atomic E-state index is 13.7. The Balaban J connectivity index is 2.08. The van der Waals surface area contributed by atoms with Crippen molar-refractivity contribution in [2.24, 2.45) is 0 Å². The molecule has 0 amide bonds. The number of benzene rings is 2. The van der Waals surface area contributed by atoms with Crippen LogP contribution >= 0.6 is 0 Å². The van der Waals surface area contributed by atoms with Gasteiger partial charge in [-0.2, -0.15) is 0 Å². The van der Waals surface area contributed by atoms with E-state index < -0.39 is 6.10 Å². The molecule has 1 atom stereocenters. The molecule has 1 aliphatic heterocycles. The van der Waals surface area contributed by atoms with E-state index >= 15 is 0 Å². The fraction of sp³-hybridized carbons (Fsp3) is 0.269. The molecule has 2 heterocycles. The summed E-state index contributed by atoms with van der Waals surface area (Å²) < 4.78 is 17.8. The standard InChI is InChI=1S/C26H26O6/c1-13(2)6-8-16-18(30-5)12-21-22(24(16)28)25(29)23-20(10-14(3)4)31-19-11-15(27)7-9-17(19)26(23)32-21/h6-7,9-12,20,27-28H,8H2,1-5H3/t20-/m0/s1. The van der Waals surface area contributed by atoms with Crippen LogP contribution in [0.5, 0.6) is 23.0 Å². The maximum Gasteiger partial charge on any atom is 0.204 e. The number of allylic oxidation sites excluding steroid dienone is 3. The predicted molar refractivity (Wildman–Crippen MR) is 124 cm³/mol. The van der Waals surface area contributed by atoms with Gasteiger partial charge < -0.3 is 24.1 Å². The van der Waals surface area contributed by atoms with Gasteiger partial charge in [-0.1, -0.05) is 17.2 Å². The molecule has 0 aliphatic carbocycles. The Hall–Kier alpha value is -3.67. The molecule has 0 fully saturated rings. The van der Waals surface area contributed by atoms with Crippen LogP contribution in [0.1, 0.15) is 44.9 Å². The van der Waals surface area contributed by atoms with E-state index in [0.29, 0.717) is 40.4 Å². The van der Waals surface area contributed by atoms with Crippen molar-refractivity contribution in [3.8, 4) is 34.3 Å². The number of hydrogen-bond donors (Lipinski definition) is 2. The number of phenols is 2. The molecule has 2 aromatic carbocycles. The lowest BCUT2D eigenvalue weighted by Crippen LogP contribution is -2.22. The molecule has 3 aromatic rings. The second-order valence-electron chi connectivity index (χ2n) is 8.40. The van der Waals surface area contributed by atoms with Gasteiger partial charge in [-0.05, 0) is 52.3 Å². The van der Waals surface area contributed by atoms with Crippen molar-refractivity contribution in [1.29, 1.82) is 0 Å². The molecule has 0 saturated carbocycles. The van der Waals surface area contributed by atoms with Gasteiger partial charge in [0.15, 0.2) is 0 Å². The fourth-order valence-corrected chi connectivity index (χ4v) is 3.92. The molecule has 0 unspecified atom stereocenters. The highest BCUT2D eigenvalue weighted by molar-refractivity contribution is 5.90. The van der Waals surface area contributed by atoms with Gasteiger partial charge in [-0.3, -0.25) is 4.79 Å². The smallest absolute Gasteiger partial charge is 0.204 e. The Kier molecular flexibility index (Phi) is 5.46. The summed E-state index contributed by atoms with van der Waals surface area (Å²) in [6, 6.07) is 6.29. The molecule has 0 spiro atoms. The Morgan fingerprint density at radius 3 is 2.53 bits per heavy atom. The van der Waals surface area contributed by atoms with Gasteiger partial charge >= 0.3 is 0 Å². The molecule has 32 heavy (non-hydrogen) atoms. The van der Waals surface area contributed by atoms with Crippen LogP contribution in [-0.2, 0) is 6.42 Å². The van der Waals surface area contributed by atoms with Crippen molar-refractivity contribution < 1.29 is 24.1 Å². The third-order valence-corrected chi connectivity index (χ3v) is 5.42. The molecule has 0 bridgehead atoms. The third-order valence-electron chi connectivity index (χ3n) is 5.42. The molecule has 2 N–H and O–H groups in total. The first-order valence-corrected chi connectivity index (χ1v) is 10.4. The van der Waals surface area contributed by atoms with Gasteiger partial charge in [0.25, 0.3) is 0 Å². The molecule has 1 aromatic heterocycles. The average molecular weight is 434 g/mol. The molecule has 0 radical (unpaired) electrons. The lowest BCUT2D eigenvalue weighted by Gasteiger charge is -2.26. The van der Waals surface area contributed by atoms with Gasteiger partial charge in [0, 0.05) is 17.7 Å². The first-order valence-electron chi connectivity index (χ1n) is 10.4. The molecule has 1 aliphatic rings. The van der Waals surface area contributed by atoms with Gasteiger partial charge in [0.1, 0.15) is 45.8 Å². The zero-order valence-corrected chi connectivity index (χ0v) is 18.8. The van der Waals surface area contributed by atoms with Crippen LogP contribution in [0, 0.1) is 0 Å². The summed E-state index contributed by atoms with van der Waals surface area (Å²) in [6.45, 7) is 7.74. The SMILES string of the molecule is COc1cc2oc3c(c(=O)c2c(O)c1CC=C(C)C)[C@H](C=C(C)C)Oc1cc(O)ccc1-3. The van der Waals surface area contributed by atoms with Crippen LogP contribution in [0.3, 0.4) is 0 Å². The zero-order chi connectivity index (χ0) is 23.2. The zero-order valence-electron chi connectivity index (χ0n) is 18.8. The lowest BCUT2D eigenvalue weighted by molar-refractivity contribution is 0.243. The molecule has 4 rings (SSSR count). The number of fused-ring (bicyclic) bond motifs is 4. The Labute approximate surface area is 186 Å². The van der Waals surface area contributed by atoms with Crippen molar-refractivity contribution >= 4 is 11.0 Å². The van der Waals surface area contributed by atoms with E-state index in [0.717, 1.165) is 11.1 Å². The lowest BCUT2D eigenvalue weighted by atomic mass is 9.94. The highest BCUT2D eigenvalue weighted by atomic mass is 16.5. The van der Waals surface area contributed by atoms with Gasteiger partial charge in [-0.15, -0.1) is 0 Å². The van der Waals surface area contributed by atoms with Crippen molar-refractivity contribution in [2.45, 2.75) is 40.2 Å². The van der Waals surface area contributed by atoms with Crippen LogP contribution in [0.15, 0.2) is 56.8 Å². The molecular formula is C26H26O6. The number of ether oxygens (including phenoxy) is 2. The highest BCUT2D eigenvalue weighted by Gasteiger charge is 2.32. The third kappa shape index (κ3) is 3.62. The molecular weight excluding hydrogens is 408 g/mol. The first-order chi connectivity index (χ1) is 15.2. The molecule has 6 nitrogen and oxygen atoms in total. The minimum atomic E-state index is -0.715. The van der Waals surface area contributed by atoms with Crippen molar-refractivity contribution in [1.82, 2.24) is 0 Å². The Morgan fingerprint density at radius 1 is 1.12 bits per heavy atom. The second-order valence-corrected chi connectivity index (χ2v) is 8.40. The van der Waals surface area contributed by atoms with Crippen LogP contribution in [0.25, 0.3) is 22.3 Å². The van der Waals surface area contributed by atoms with E-state index in [1.165, 1.54) is 19.2 Å². The largest absolute Gasteiger partial charge is 0.508 e. The minimum Gasteiger partial charge on any atom is -0.508 e. The number of rotatable bonds is 4. The van der Waals surface area contributed by atoms with Crippen LogP contribution < -0.4 is 14.9 Å². The quantitative estimate of drug-likeness (QED) is 0.506. The van der Waals surface area contributed by atoms with Gasteiger partial charge in [0.2, 0.25) is 5.43 Å². The summed E-state index contributed by atoms with van der Waals surface area (Å²) in [7, 11) is 1.51. The number of hydrogen-bond acceptors (Lipinski definition) is 6. The summed E-state index contributed by atoms with van der Waals surface area (Å²) in [5, 5.41) is 21.1. The van der Waals surface area contributed by atoms with E-state index in [9.17, 15) is 15.0 Å². The predicted octanol–water partition coefficient (Wildman–Crippen LogP) is 5.79. The summed E-state index contributed by atoms with van der Waals surface area (Å²) in [5.74, 6) is 1.11. The average Bonchev–Trinajstić information content (AvgIpc) is 2.71. The van der Waals surface area contributed by atoms with E-state index in [1.54, 1.807) is 12.1 Å². The monoisotopic (exact) mass is 434 g/mol. The van der Waals surface area contributed by atoms with Crippen LogP contribution in [0.2, 0.25) is 0 Å². The molecule has 166 valence electrons. The van der Waals surface area contributed by atoms with Gasteiger partial charge in [0.05, 0.1) is 18.2 Å². The summed E-state index contributed by atoms with van der Waals surface area (Å²) >= 11 is 0. The van der Waals surface area contributed by atoms with E-state index in [-0.39, 0.29) is 27.9 Å². The summed E-state index contributed by atoms with van der Waals surface area (Å²) in [4.78, 5) is 13.7. The maximum atomic E-state index is 13.7.